The molecule has 0 atom stereocenters. The lowest BCUT2D eigenvalue weighted by Crippen LogP contribution is -2.16. The van der Waals surface area contributed by atoms with E-state index >= 15 is 0 Å². The standard InChI is InChI=1S/C14H16N2OS/c1-3-10-4-6-11(7-5-10)8-12-9(2)15-14(18)16-13(12)17/h4-7H,3,8H2,1-2H3,(H2,15,16,17,18). The van der Waals surface area contributed by atoms with Crippen molar-refractivity contribution < 1.29 is 0 Å². The van der Waals surface area contributed by atoms with Crippen LogP contribution in [0.1, 0.15) is 29.3 Å². The van der Waals surface area contributed by atoms with E-state index in [9.17, 15) is 4.79 Å². The third-order valence-corrected chi connectivity index (χ3v) is 3.27. The first-order valence-electron chi connectivity index (χ1n) is 6.00. The van der Waals surface area contributed by atoms with Crippen molar-refractivity contribution in [3.8, 4) is 0 Å². The van der Waals surface area contributed by atoms with Crippen molar-refractivity contribution in [2.45, 2.75) is 26.7 Å². The van der Waals surface area contributed by atoms with Gasteiger partial charge in [0.05, 0.1) is 0 Å². The SMILES string of the molecule is CCc1ccc(Cc2c(C)[nH]c(=S)[nH]c2=O)cc1. The molecule has 1 aromatic carbocycles. The summed E-state index contributed by atoms with van der Waals surface area (Å²) in [5.74, 6) is 0. The molecule has 0 fully saturated rings. The van der Waals surface area contributed by atoms with Crippen LogP contribution in [0.25, 0.3) is 0 Å². The van der Waals surface area contributed by atoms with Gasteiger partial charge < -0.3 is 4.98 Å². The molecule has 4 heteroatoms. The maximum Gasteiger partial charge on any atom is 0.255 e. The predicted octanol–water partition coefficient (Wildman–Crippen LogP) is 2.89. The molecule has 3 nitrogen and oxygen atoms in total. The normalized spacial score (nSPS) is 10.6. The van der Waals surface area contributed by atoms with E-state index in [0.717, 1.165) is 23.2 Å². The van der Waals surface area contributed by atoms with Crippen LogP contribution in [0.5, 0.6) is 0 Å². The zero-order valence-corrected chi connectivity index (χ0v) is 11.4. The zero-order chi connectivity index (χ0) is 13.1. The Morgan fingerprint density at radius 3 is 2.28 bits per heavy atom. The minimum absolute atomic E-state index is 0.101. The Bertz CT molecular complexity index is 653. The maximum atomic E-state index is 11.8. The third-order valence-electron chi connectivity index (χ3n) is 3.07. The lowest BCUT2D eigenvalue weighted by Gasteiger charge is -2.05. The van der Waals surface area contributed by atoms with Crippen LogP contribution in [-0.4, -0.2) is 9.97 Å². The van der Waals surface area contributed by atoms with E-state index < -0.39 is 0 Å². The van der Waals surface area contributed by atoms with Crippen molar-refractivity contribution in [3.05, 3.63) is 61.8 Å². The minimum atomic E-state index is -0.101. The van der Waals surface area contributed by atoms with Gasteiger partial charge >= 0.3 is 0 Å². The molecule has 0 amide bonds. The summed E-state index contributed by atoms with van der Waals surface area (Å²) in [6.07, 6.45) is 1.65. The first kappa shape index (κ1) is 12.8. The third kappa shape index (κ3) is 2.76. The quantitative estimate of drug-likeness (QED) is 0.834. The fraction of sp³-hybridized carbons (Fsp3) is 0.286. The van der Waals surface area contributed by atoms with E-state index in [1.165, 1.54) is 5.56 Å². The molecule has 2 aromatic rings. The average molecular weight is 260 g/mol. The number of aryl methyl sites for hydroxylation is 2. The highest BCUT2D eigenvalue weighted by molar-refractivity contribution is 7.71. The van der Waals surface area contributed by atoms with Gasteiger partial charge in [-0.25, -0.2) is 0 Å². The van der Waals surface area contributed by atoms with Crippen LogP contribution in [0.2, 0.25) is 0 Å². The molecule has 0 aliphatic rings. The Hall–Kier alpha value is -1.68. The Morgan fingerprint density at radius 1 is 1.11 bits per heavy atom. The summed E-state index contributed by atoms with van der Waals surface area (Å²) in [4.78, 5) is 17.5. The van der Waals surface area contributed by atoms with Crippen LogP contribution < -0.4 is 5.56 Å². The number of benzene rings is 1. The molecule has 0 spiro atoms. The van der Waals surface area contributed by atoms with Crippen LogP contribution >= 0.6 is 12.2 Å². The molecule has 0 saturated carbocycles. The first-order chi connectivity index (χ1) is 8.60. The molecule has 2 N–H and O–H groups in total. The summed E-state index contributed by atoms with van der Waals surface area (Å²) in [5, 5.41) is 0. The van der Waals surface area contributed by atoms with E-state index in [1.54, 1.807) is 0 Å². The number of aromatic nitrogens is 2. The maximum absolute atomic E-state index is 11.8. The molecule has 0 aliphatic carbocycles. The van der Waals surface area contributed by atoms with E-state index in [1.807, 2.05) is 6.92 Å². The highest BCUT2D eigenvalue weighted by Gasteiger charge is 2.05. The second-order valence-electron chi connectivity index (χ2n) is 4.36. The highest BCUT2D eigenvalue weighted by atomic mass is 32.1. The fourth-order valence-corrected chi connectivity index (χ4v) is 2.18. The van der Waals surface area contributed by atoms with Gasteiger partial charge in [0.2, 0.25) is 0 Å². The van der Waals surface area contributed by atoms with Crippen LogP contribution in [-0.2, 0) is 12.8 Å². The van der Waals surface area contributed by atoms with Gasteiger partial charge in [0.25, 0.3) is 5.56 Å². The van der Waals surface area contributed by atoms with Gasteiger partial charge in [0.15, 0.2) is 4.77 Å². The van der Waals surface area contributed by atoms with Crippen molar-refractivity contribution in [3.63, 3.8) is 0 Å². The van der Waals surface area contributed by atoms with E-state index in [-0.39, 0.29) is 5.56 Å². The van der Waals surface area contributed by atoms with Crippen molar-refractivity contribution in [2.75, 3.05) is 0 Å². The van der Waals surface area contributed by atoms with Gasteiger partial charge in [-0.05, 0) is 36.7 Å². The molecule has 18 heavy (non-hydrogen) atoms. The second-order valence-corrected chi connectivity index (χ2v) is 4.77. The van der Waals surface area contributed by atoms with Gasteiger partial charge in [-0.15, -0.1) is 0 Å². The number of hydrogen-bond acceptors (Lipinski definition) is 2. The molecular weight excluding hydrogens is 244 g/mol. The number of hydrogen-bond donors (Lipinski definition) is 2. The molecule has 0 bridgehead atoms. The minimum Gasteiger partial charge on any atom is -0.336 e. The molecule has 94 valence electrons. The van der Waals surface area contributed by atoms with Crippen molar-refractivity contribution in [1.82, 2.24) is 9.97 Å². The molecule has 1 heterocycles. The smallest absolute Gasteiger partial charge is 0.255 e. The van der Waals surface area contributed by atoms with Crippen LogP contribution in [0.4, 0.5) is 0 Å². The van der Waals surface area contributed by atoms with E-state index in [0.29, 0.717) is 11.2 Å². The lowest BCUT2D eigenvalue weighted by molar-refractivity contribution is 0.962. The van der Waals surface area contributed by atoms with Crippen molar-refractivity contribution in [1.29, 1.82) is 0 Å². The second kappa shape index (κ2) is 5.31. The number of rotatable bonds is 3. The summed E-state index contributed by atoms with van der Waals surface area (Å²) in [6.45, 7) is 4.00. The van der Waals surface area contributed by atoms with Crippen LogP contribution in [0, 0.1) is 11.7 Å². The Labute approximate surface area is 111 Å². The first-order valence-corrected chi connectivity index (χ1v) is 6.41. The summed E-state index contributed by atoms with van der Waals surface area (Å²) in [5.41, 5.74) is 3.91. The molecular formula is C14H16N2OS. The molecule has 0 unspecified atom stereocenters. The fourth-order valence-electron chi connectivity index (χ4n) is 1.94. The van der Waals surface area contributed by atoms with Crippen LogP contribution in [0.3, 0.4) is 0 Å². The molecule has 0 aliphatic heterocycles. The monoisotopic (exact) mass is 260 g/mol. The number of H-pyrrole nitrogens is 2. The summed E-state index contributed by atoms with van der Waals surface area (Å²) < 4.78 is 0.377. The Balaban J connectivity index is 2.34. The Morgan fingerprint density at radius 2 is 1.72 bits per heavy atom. The lowest BCUT2D eigenvalue weighted by atomic mass is 10.0. The van der Waals surface area contributed by atoms with Gasteiger partial charge in [0, 0.05) is 17.7 Å². The Kier molecular flexibility index (Phi) is 3.77. The summed E-state index contributed by atoms with van der Waals surface area (Å²) in [7, 11) is 0. The topological polar surface area (TPSA) is 48.6 Å². The molecule has 1 aromatic heterocycles. The van der Waals surface area contributed by atoms with Crippen molar-refractivity contribution in [2.24, 2.45) is 0 Å². The predicted molar refractivity (Wildman–Crippen MR) is 75.6 cm³/mol. The van der Waals surface area contributed by atoms with E-state index in [2.05, 4.69) is 41.2 Å². The van der Waals surface area contributed by atoms with E-state index in [4.69, 9.17) is 12.2 Å². The number of aromatic amines is 2. The largest absolute Gasteiger partial charge is 0.336 e. The molecule has 0 radical (unpaired) electrons. The summed E-state index contributed by atoms with van der Waals surface area (Å²) in [6, 6.07) is 8.34. The van der Waals surface area contributed by atoms with Gasteiger partial charge in [-0.1, -0.05) is 31.2 Å². The number of nitrogens with one attached hydrogen (secondary N) is 2. The van der Waals surface area contributed by atoms with Gasteiger partial charge in [0.1, 0.15) is 0 Å². The highest BCUT2D eigenvalue weighted by Crippen LogP contribution is 2.10. The van der Waals surface area contributed by atoms with Gasteiger partial charge in [-0.3, -0.25) is 9.78 Å². The summed E-state index contributed by atoms with van der Waals surface area (Å²) >= 11 is 4.93. The molecule has 0 saturated heterocycles. The zero-order valence-electron chi connectivity index (χ0n) is 10.5. The van der Waals surface area contributed by atoms with Gasteiger partial charge in [-0.2, -0.15) is 0 Å². The average Bonchev–Trinajstić information content (AvgIpc) is 2.34. The van der Waals surface area contributed by atoms with Crippen LogP contribution in [0.15, 0.2) is 29.1 Å². The molecule has 2 rings (SSSR count). The van der Waals surface area contributed by atoms with Crippen molar-refractivity contribution >= 4 is 12.2 Å².